The van der Waals surface area contributed by atoms with E-state index in [4.69, 9.17) is 12.2 Å². The molecular weight excluding hydrogens is 342 g/mol. The van der Waals surface area contributed by atoms with Gasteiger partial charge < -0.3 is 15.4 Å². The molecule has 0 aliphatic carbocycles. The molecule has 126 valence electrons. The molecule has 9 heteroatoms. The number of non-ortho nitro benzene ring substituents is 1. The summed E-state index contributed by atoms with van der Waals surface area (Å²) in [5.74, 6) is -0.238. The number of fused-ring (bicyclic) bond motifs is 1. The Hall–Kier alpha value is -3.33. The van der Waals surface area contributed by atoms with E-state index in [-0.39, 0.29) is 22.4 Å². The van der Waals surface area contributed by atoms with Gasteiger partial charge in [-0.3, -0.25) is 10.1 Å². The molecule has 3 rings (SSSR count). The van der Waals surface area contributed by atoms with Gasteiger partial charge in [-0.25, -0.2) is 0 Å². The standard InChI is InChI=1S/C16H13N5O3S/c1-9-4-2-3-5-12(9)18-16(25)20-19-14-11-8-10(21(23)24)6-7-13(11)17-15(14)22/h2-8,17,22H,1H3,(H,18,25). The second kappa shape index (κ2) is 6.65. The molecule has 1 aromatic heterocycles. The van der Waals surface area contributed by atoms with E-state index in [0.29, 0.717) is 10.9 Å². The third kappa shape index (κ3) is 3.45. The van der Waals surface area contributed by atoms with Crippen LogP contribution in [0.15, 0.2) is 52.7 Å². The Morgan fingerprint density at radius 3 is 2.80 bits per heavy atom. The summed E-state index contributed by atoms with van der Waals surface area (Å²) >= 11 is 5.13. The predicted octanol–water partition coefficient (Wildman–Crippen LogP) is 4.57. The van der Waals surface area contributed by atoms with Gasteiger partial charge in [-0.15, -0.1) is 10.2 Å². The van der Waals surface area contributed by atoms with E-state index in [1.807, 2.05) is 31.2 Å². The van der Waals surface area contributed by atoms with Crippen molar-refractivity contribution >= 4 is 45.3 Å². The Morgan fingerprint density at radius 2 is 2.08 bits per heavy atom. The SMILES string of the molecule is Cc1ccccc1NC(=S)N=Nc1c(O)[nH]c2ccc([N+](=O)[O-])cc12. The first-order valence-electron chi connectivity index (χ1n) is 7.23. The first kappa shape index (κ1) is 16.5. The first-order valence-corrected chi connectivity index (χ1v) is 7.64. The van der Waals surface area contributed by atoms with Gasteiger partial charge in [-0.1, -0.05) is 18.2 Å². The highest BCUT2D eigenvalue weighted by Crippen LogP contribution is 2.37. The Kier molecular flexibility index (Phi) is 4.40. The quantitative estimate of drug-likeness (QED) is 0.275. The number of anilines is 1. The fourth-order valence-electron chi connectivity index (χ4n) is 2.32. The van der Waals surface area contributed by atoms with Gasteiger partial charge in [0.2, 0.25) is 11.0 Å². The van der Waals surface area contributed by atoms with Crippen LogP contribution in [0.25, 0.3) is 10.9 Å². The van der Waals surface area contributed by atoms with Crippen molar-refractivity contribution in [1.29, 1.82) is 0 Å². The summed E-state index contributed by atoms with van der Waals surface area (Å²) in [6.45, 7) is 1.92. The molecule has 3 N–H and O–H groups in total. The molecule has 0 spiro atoms. The molecule has 8 nitrogen and oxygen atoms in total. The fraction of sp³-hybridized carbons (Fsp3) is 0.0625. The van der Waals surface area contributed by atoms with E-state index in [1.54, 1.807) is 0 Å². The third-order valence-corrected chi connectivity index (χ3v) is 3.76. The fourth-order valence-corrected chi connectivity index (χ4v) is 2.47. The molecular formula is C16H13N5O3S. The van der Waals surface area contributed by atoms with Crippen molar-refractivity contribution in [2.45, 2.75) is 6.92 Å². The van der Waals surface area contributed by atoms with Crippen LogP contribution in [0, 0.1) is 17.0 Å². The van der Waals surface area contributed by atoms with Crippen LogP contribution in [0.1, 0.15) is 5.56 Å². The Morgan fingerprint density at radius 1 is 1.32 bits per heavy atom. The minimum atomic E-state index is -0.519. The normalized spacial score (nSPS) is 11.1. The van der Waals surface area contributed by atoms with Gasteiger partial charge in [0, 0.05) is 23.2 Å². The second-order valence-corrected chi connectivity index (χ2v) is 5.64. The summed E-state index contributed by atoms with van der Waals surface area (Å²) in [4.78, 5) is 13.1. The van der Waals surface area contributed by atoms with Crippen molar-refractivity contribution < 1.29 is 10.0 Å². The number of nitrogens with zero attached hydrogens (tertiary/aromatic N) is 3. The number of aromatic nitrogens is 1. The maximum absolute atomic E-state index is 10.9. The topological polar surface area (TPSA) is 116 Å². The van der Waals surface area contributed by atoms with E-state index in [2.05, 4.69) is 20.5 Å². The van der Waals surface area contributed by atoms with Gasteiger partial charge >= 0.3 is 0 Å². The van der Waals surface area contributed by atoms with Gasteiger partial charge in [0.15, 0.2) is 5.69 Å². The number of thiocarbonyl (C=S) groups is 1. The number of nitro benzene ring substituents is 1. The minimum Gasteiger partial charge on any atom is -0.493 e. The number of aromatic amines is 1. The lowest BCUT2D eigenvalue weighted by Crippen LogP contribution is -2.06. The van der Waals surface area contributed by atoms with E-state index in [1.165, 1.54) is 18.2 Å². The van der Waals surface area contributed by atoms with Crippen molar-refractivity contribution in [3.63, 3.8) is 0 Å². The molecule has 0 fully saturated rings. The lowest BCUT2D eigenvalue weighted by molar-refractivity contribution is -0.384. The molecule has 0 radical (unpaired) electrons. The average Bonchev–Trinajstić information content (AvgIpc) is 2.89. The molecule has 0 amide bonds. The van der Waals surface area contributed by atoms with Crippen LogP contribution < -0.4 is 5.32 Å². The third-order valence-electron chi connectivity index (χ3n) is 3.57. The van der Waals surface area contributed by atoms with Gasteiger partial charge in [0.1, 0.15) is 0 Å². The Labute approximate surface area is 147 Å². The van der Waals surface area contributed by atoms with E-state index >= 15 is 0 Å². The Balaban J connectivity index is 1.89. The molecule has 0 aliphatic heterocycles. The van der Waals surface area contributed by atoms with E-state index < -0.39 is 4.92 Å². The second-order valence-electron chi connectivity index (χ2n) is 5.25. The summed E-state index contributed by atoms with van der Waals surface area (Å²) < 4.78 is 0. The monoisotopic (exact) mass is 355 g/mol. The predicted molar refractivity (Wildman–Crippen MR) is 98.5 cm³/mol. The van der Waals surface area contributed by atoms with Crippen LogP contribution in [0.3, 0.4) is 0 Å². The van der Waals surface area contributed by atoms with Crippen LogP contribution >= 0.6 is 12.2 Å². The number of rotatable bonds is 3. The van der Waals surface area contributed by atoms with Gasteiger partial charge in [0.25, 0.3) is 5.69 Å². The number of H-pyrrole nitrogens is 1. The van der Waals surface area contributed by atoms with Gasteiger partial charge in [0.05, 0.1) is 10.4 Å². The van der Waals surface area contributed by atoms with Crippen molar-refractivity contribution in [2.24, 2.45) is 10.2 Å². The highest BCUT2D eigenvalue weighted by atomic mass is 32.1. The molecule has 1 heterocycles. The van der Waals surface area contributed by atoms with Crippen LogP contribution in [0.2, 0.25) is 0 Å². The molecule has 0 bridgehead atoms. The minimum absolute atomic E-state index is 0.0904. The lowest BCUT2D eigenvalue weighted by atomic mass is 10.2. The number of aromatic hydroxyl groups is 1. The highest BCUT2D eigenvalue weighted by molar-refractivity contribution is 7.80. The zero-order valence-corrected chi connectivity index (χ0v) is 13.9. The summed E-state index contributed by atoms with van der Waals surface area (Å²) in [6, 6.07) is 11.7. The maximum Gasteiger partial charge on any atom is 0.270 e. The smallest absolute Gasteiger partial charge is 0.270 e. The summed E-state index contributed by atoms with van der Waals surface area (Å²) in [5, 5.41) is 32.1. The summed E-state index contributed by atoms with van der Waals surface area (Å²) in [6.07, 6.45) is 0. The number of nitrogens with one attached hydrogen (secondary N) is 2. The van der Waals surface area contributed by atoms with Crippen LogP contribution in [-0.2, 0) is 0 Å². The molecule has 0 unspecified atom stereocenters. The number of benzene rings is 2. The molecule has 0 saturated heterocycles. The van der Waals surface area contributed by atoms with E-state index in [9.17, 15) is 15.2 Å². The van der Waals surface area contributed by atoms with Crippen LogP contribution in [0.4, 0.5) is 17.1 Å². The summed E-state index contributed by atoms with van der Waals surface area (Å²) in [5.41, 5.74) is 2.28. The molecule has 0 saturated carbocycles. The molecule has 25 heavy (non-hydrogen) atoms. The average molecular weight is 355 g/mol. The molecule has 0 aliphatic rings. The maximum atomic E-state index is 10.9. The van der Waals surface area contributed by atoms with Crippen LogP contribution in [-0.4, -0.2) is 20.1 Å². The van der Waals surface area contributed by atoms with Crippen molar-refractivity contribution in [3.05, 3.63) is 58.1 Å². The van der Waals surface area contributed by atoms with Gasteiger partial charge in [-0.2, -0.15) is 0 Å². The zero-order valence-electron chi connectivity index (χ0n) is 13.1. The lowest BCUT2D eigenvalue weighted by Gasteiger charge is -2.05. The molecule has 3 aromatic rings. The number of azo groups is 1. The number of hydrogen-bond acceptors (Lipinski definition) is 5. The van der Waals surface area contributed by atoms with Gasteiger partial charge in [-0.05, 0) is 36.8 Å². The number of hydrogen-bond donors (Lipinski definition) is 3. The first-order chi connectivity index (χ1) is 12.0. The van der Waals surface area contributed by atoms with E-state index in [0.717, 1.165) is 11.3 Å². The van der Waals surface area contributed by atoms with Crippen LogP contribution in [0.5, 0.6) is 5.88 Å². The number of nitro groups is 1. The van der Waals surface area contributed by atoms with Crippen molar-refractivity contribution in [3.8, 4) is 5.88 Å². The molecule has 2 aromatic carbocycles. The zero-order chi connectivity index (χ0) is 18.0. The number of aryl methyl sites for hydroxylation is 1. The Bertz CT molecular complexity index is 1010. The molecule has 0 atom stereocenters. The van der Waals surface area contributed by atoms with Crippen molar-refractivity contribution in [2.75, 3.05) is 5.32 Å². The summed E-state index contributed by atoms with van der Waals surface area (Å²) in [7, 11) is 0. The number of para-hydroxylation sites is 1. The van der Waals surface area contributed by atoms with Crippen molar-refractivity contribution in [1.82, 2.24) is 4.98 Å². The highest BCUT2D eigenvalue weighted by Gasteiger charge is 2.15. The largest absolute Gasteiger partial charge is 0.493 e.